The van der Waals surface area contributed by atoms with E-state index in [1.165, 1.54) is 5.56 Å². The zero-order chi connectivity index (χ0) is 19.2. The number of amides is 1. The van der Waals surface area contributed by atoms with E-state index in [9.17, 15) is 4.79 Å². The quantitative estimate of drug-likeness (QED) is 0.595. The van der Waals surface area contributed by atoms with Gasteiger partial charge in [0.25, 0.3) is 5.91 Å². The lowest BCUT2D eigenvalue weighted by atomic mass is 10.1. The Balaban J connectivity index is 1.75. The highest BCUT2D eigenvalue weighted by Gasteiger charge is 2.16. The van der Waals surface area contributed by atoms with Crippen LogP contribution in [0.15, 0.2) is 72.8 Å². The SMILES string of the molecule is Cc1ccc([C@@H](C)NC(=O)c2cc(Cl)ccc2OCc2ccccc2)cc1. The molecular weight excluding hydrogens is 358 g/mol. The van der Waals surface area contributed by atoms with Gasteiger partial charge in [0.15, 0.2) is 0 Å². The highest BCUT2D eigenvalue weighted by Crippen LogP contribution is 2.25. The summed E-state index contributed by atoms with van der Waals surface area (Å²) in [5, 5.41) is 3.52. The fraction of sp³-hybridized carbons (Fsp3) is 0.174. The van der Waals surface area contributed by atoms with Crippen LogP contribution in [0.2, 0.25) is 5.02 Å². The Kier molecular flexibility index (Phi) is 6.15. The van der Waals surface area contributed by atoms with E-state index in [0.29, 0.717) is 22.9 Å². The van der Waals surface area contributed by atoms with Gasteiger partial charge in [0.2, 0.25) is 0 Å². The number of carbonyl (C=O) groups excluding carboxylic acids is 1. The molecule has 0 spiro atoms. The molecule has 0 aliphatic rings. The van der Waals surface area contributed by atoms with Crippen molar-refractivity contribution < 1.29 is 9.53 Å². The highest BCUT2D eigenvalue weighted by atomic mass is 35.5. The van der Waals surface area contributed by atoms with Crippen molar-refractivity contribution in [2.75, 3.05) is 0 Å². The zero-order valence-electron chi connectivity index (χ0n) is 15.4. The maximum absolute atomic E-state index is 12.8. The van der Waals surface area contributed by atoms with Crippen molar-refractivity contribution in [3.63, 3.8) is 0 Å². The van der Waals surface area contributed by atoms with E-state index >= 15 is 0 Å². The second-order valence-corrected chi connectivity index (χ2v) is 6.96. The van der Waals surface area contributed by atoms with Crippen LogP contribution in [0, 0.1) is 6.92 Å². The molecule has 0 fully saturated rings. The fourth-order valence-corrected chi connectivity index (χ4v) is 2.93. The lowest BCUT2D eigenvalue weighted by molar-refractivity contribution is 0.0935. The van der Waals surface area contributed by atoms with Crippen molar-refractivity contribution in [3.8, 4) is 5.75 Å². The van der Waals surface area contributed by atoms with Crippen molar-refractivity contribution in [1.82, 2.24) is 5.32 Å². The molecule has 0 bridgehead atoms. The lowest BCUT2D eigenvalue weighted by Gasteiger charge is -2.17. The molecule has 0 aliphatic carbocycles. The van der Waals surface area contributed by atoms with Crippen molar-refractivity contribution in [2.45, 2.75) is 26.5 Å². The smallest absolute Gasteiger partial charge is 0.255 e. The van der Waals surface area contributed by atoms with Gasteiger partial charge in [-0.1, -0.05) is 71.8 Å². The molecule has 27 heavy (non-hydrogen) atoms. The van der Waals surface area contributed by atoms with Crippen molar-refractivity contribution in [2.24, 2.45) is 0 Å². The first-order chi connectivity index (χ1) is 13.0. The molecule has 0 saturated carbocycles. The number of carbonyl (C=O) groups is 1. The third-order valence-electron chi connectivity index (χ3n) is 4.35. The second-order valence-electron chi connectivity index (χ2n) is 6.52. The van der Waals surface area contributed by atoms with Gasteiger partial charge in [-0.2, -0.15) is 0 Å². The van der Waals surface area contributed by atoms with Gasteiger partial charge in [0.1, 0.15) is 12.4 Å². The summed E-state index contributed by atoms with van der Waals surface area (Å²) in [5.41, 5.74) is 3.69. The molecule has 3 nitrogen and oxygen atoms in total. The molecule has 1 N–H and O–H groups in total. The largest absolute Gasteiger partial charge is 0.488 e. The Morgan fingerprint density at radius 1 is 1.04 bits per heavy atom. The summed E-state index contributed by atoms with van der Waals surface area (Å²) < 4.78 is 5.88. The molecular formula is C23H22ClNO2. The Morgan fingerprint density at radius 2 is 1.74 bits per heavy atom. The van der Waals surface area contributed by atoms with Crippen LogP contribution in [0.3, 0.4) is 0 Å². The Labute approximate surface area is 164 Å². The number of nitrogens with one attached hydrogen (secondary N) is 1. The third-order valence-corrected chi connectivity index (χ3v) is 4.58. The molecule has 0 heterocycles. The van der Waals surface area contributed by atoms with E-state index in [2.05, 4.69) is 5.32 Å². The predicted octanol–water partition coefficient (Wildman–Crippen LogP) is 5.72. The van der Waals surface area contributed by atoms with E-state index in [1.807, 2.05) is 68.4 Å². The van der Waals surface area contributed by atoms with Crippen LogP contribution >= 0.6 is 11.6 Å². The van der Waals surface area contributed by atoms with E-state index in [-0.39, 0.29) is 11.9 Å². The number of benzene rings is 3. The standard InChI is InChI=1S/C23H22ClNO2/c1-16-8-10-19(11-9-16)17(2)25-23(26)21-14-20(24)12-13-22(21)27-15-18-6-4-3-5-7-18/h3-14,17H,15H2,1-2H3,(H,25,26)/t17-/m1/s1. The van der Waals surface area contributed by atoms with Gasteiger partial charge in [0, 0.05) is 5.02 Å². The topological polar surface area (TPSA) is 38.3 Å². The molecule has 4 heteroatoms. The number of hydrogen-bond acceptors (Lipinski definition) is 2. The zero-order valence-corrected chi connectivity index (χ0v) is 16.2. The molecule has 0 aromatic heterocycles. The van der Waals surface area contributed by atoms with Crippen LogP contribution in [0.25, 0.3) is 0 Å². The maximum Gasteiger partial charge on any atom is 0.255 e. The van der Waals surface area contributed by atoms with Gasteiger partial charge in [0.05, 0.1) is 11.6 Å². The number of aryl methyl sites for hydroxylation is 1. The Morgan fingerprint density at radius 3 is 2.44 bits per heavy atom. The van der Waals surface area contributed by atoms with E-state index in [0.717, 1.165) is 11.1 Å². The van der Waals surface area contributed by atoms with Crippen LogP contribution in [-0.2, 0) is 6.61 Å². The third kappa shape index (κ3) is 5.11. The molecule has 0 aliphatic heterocycles. The lowest BCUT2D eigenvalue weighted by Crippen LogP contribution is -2.27. The summed E-state index contributed by atoms with van der Waals surface area (Å²) in [7, 11) is 0. The molecule has 1 amide bonds. The minimum atomic E-state index is -0.214. The number of ether oxygens (including phenoxy) is 1. The van der Waals surface area contributed by atoms with Gasteiger partial charge in [-0.3, -0.25) is 4.79 Å². The van der Waals surface area contributed by atoms with Crippen LogP contribution in [0.1, 0.15) is 40.0 Å². The minimum Gasteiger partial charge on any atom is -0.488 e. The number of rotatable bonds is 6. The first-order valence-corrected chi connectivity index (χ1v) is 9.24. The highest BCUT2D eigenvalue weighted by molar-refractivity contribution is 6.31. The summed E-state index contributed by atoms with van der Waals surface area (Å²) in [5.74, 6) is 0.297. The van der Waals surface area contributed by atoms with Gasteiger partial charge in [-0.25, -0.2) is 0 Å². The average Bonchev–Trinajstić information content (AvgIpc) is 2.68. The predicted molar refractivity (Wildman–Crippen MR) is 109 cm³/mol. The monoisotopic (exact) mass is 379 g/mol. The van der Waals surface area contributed by atoms with Crippen LogP contribution in [-0.4, -0.2) is 5.91 Å². The summed E-state index contributed by atoms with van der Waals surface area (Å²) in [6.45, 7) is 4.38. The molecule has 0 saturated heterocycles. The number of halogens is 1. The maximum atomic E-state index is 12.8. The average molecular weight is 380 g/mol. The Bertz CT molecular complexity index is 907. The van der Waals surface area contributed by atoms with Crippen LogP contribution in [0.4, 0.5) is 0 Å². The van der Waals surface area contributed by atoms with Gasteiger partial charge < -0.3 is 10.1 Å². The van der Waals surface area contributed by atoms with Gasteiger partial charge in [-0.15, -0.1) is 0 Å². The first-order valence-electron chi connectivity index (χ1n) is 8.86. The summed E-state index contributed by atoms with van der Waals surface area (Å²) >= 11 is 6.11. The molecule has 138 valence electrons. The van der Waals surface area contributed by atoms with E-state index in [4.69, 9.17) is 16.3 Å². The molecule has 3 rings (SSSR count). The summed E-state index contributed by atoms with van der Waals surface area (Å²) in [6, 6.07) is 22.9. The first kappa shape index (κ1) is 19.0. The molecule has 0 radical (unpaired) electrons. The summed E-state index contributed by atoms with van der Waals surface area (Å²) in [4.78, 5) is 12.8. The van der Waals surface area contributed by atoms with Crippen molar-refractivity contribution in [3.05, 3.63) is 100 Å². The molecule has 1 atom stereocenters. The Hall–Kier alpha value is -2.78. The number of hydrogen-bond donors (Lipinski definition) is 1. The minimum absolute atomic E-state index is 0.126. The molecule has 3 aromatic rings. The molecule has 0 unspecified atom stereocenters. The van der Waals surface area contributed by atoms with Gasteiger partial charge >= 0.3 is 0 Å². The fourth-order valence-electron chi connectivity index (χ4n) is 2.75. The summed E-state index contributed by atoms with van der Waals surface area (Å²) in [6.07, 6.45) is 0. The van der Waals surface area contributed by atoms with Crippen LogP contribution < -0.4 is 10.1 Å². The second kappa shape index (κ2) is 8.74. The molecule has 3 aromatic carbocycles. The van der Waals surface area contributed by atoms with E-state index < -0.39 is 0 Å². The normalized spacial score (nSPS) is 11.7. The van der Waals surface area contributed by atoms with E-state index in [1.54, 1.807) is 18.2 Å². The van der Waals surface area contributed by atoms with Gasteiger partial charge in [-0.05, 0) is 43.2 Å². The van der Waals surface area contributed by atoms with Crippen LogP contribution in [0.5, 0.6) is 5.75 Å². The van der Waals surface area contributed by atoms with Crippen molar-refractivity contribution >= 4 is 17.5 Å². The van der Waals surface area contributed by atoms with Crippen molar-refractivity contribution in [1.29, 1.82) is 0 Å².